The molecule has 3 amide bonds. The van der Waals surface area contributed by atoms with Crippen molar-refractivity contribution < 1.29 is 19.5 Å². The second kappa shape index (κ2) is 14.8. The normalized spacial score (nSPS) is 18.8. The van der Waals surface area contributed by atoms with Crippen molar-refractivity contribution in [3.8, 4) is 6.07 Å². The van der Waals surface area contributed by atoms with E-state index in [-0.39, 0.29) is 37.1 Å². The zero-order valence-corrected chi connectivity index (χ0v) is 23.1. The molecule has 38 heavy (non-hydrogen) atoms. The van der Waals surface area contributed by atoms with Crippen molar-refractivity contribution in [2.24, 2.45) is 0 Å². The molecule has 1 atom stereocenters. The topological polar surface area (TPSA) is 129 Å². The number of benzene rings is 1. The van der Waals surface area contributed by atoms with E-state index in [0.717, 1.165) is 25.3 Å². The number of carbonyl (C=O) groups is 3. The van der Waals surface area contributed by atoms with Gasteiger partial charge in [-0.15, -0.1) is 0 Å². The standard InChI is InChI=1S/C27H38N6O4S/c1-3-11-32(15-16-34)25(36)22(18-28)27-33(4-2)26(37)23(38-27)19-29-20-8-7-9-21(17-20)30-24(35)10-14-31-12-5-6-13-31/h7-9,17,23,29,34H,3-6,10-16,19H2,1-2H3,(H,30,35)/b27-22-/t23-/m1/s1. The number of aliphatic hydroxyl groups excluding tert-OH is 1. The van der Waals surface area contributed by atoms with Crippen molar-refractivity contribution >= 4 is 40.9 Å². The van der Waals surface area contributed by atoms with Crippen molar-refractivity contribution in [1.82, 2.24) is 14.7 Å². The van der Waals surface area contributed by atoms with Gasteiger partial charge < -0.3 is 30.4 Å². The first-order chi connectivity index (χ1) is 18.4. The molecule has 0 radical (unpaired) electrons. The Bertz CT molecular complexity index is 1060. The lowest BCUT2D eigenvalue weighted by Crippen LogP contribution is -2.37. The molecule has 0 unspecified atom stereocenters. The van der Waals surface area contributed by atoms with Gasteiger partial charge in [-0.05, 0) is 57.5 Å². The second-order valence-corrected chi connectivity index (χ2v) is 10.5. The van der Waals surface area contributed by atoms with Gasteiger partial charge in [0.2, 0.25) is 11.8 Å². The Hall–Kier alpha value is -3.07. The molecule has 11 heteroatoms. The average Bonchev–Trinajstić information content (AvgIpc) is 3.54. The fraction of sp³-hybridized carbons (Fsp3) is 0.556. The number of amides is 3. The summed E-state index contributed by atoms with van der Waals surface area (Å²) in [4.78, 5) is 43.8. The number of nitrogens with one attached hydrogen (secondary N) is 2. The summed E-state index contributed by atoms with van der Waals surface area (Å²) in [6.07, 6.45) is 3.52. The molecule has 0 spiro atoms. The van der Waals surface area contributed by atoms with Gasteiger partial charge >= 0.3 is 0 Å². The summed E-state index contributed by atoms with van der Waals surface area (Å²) < 4.78 is 0. The van der Waals surface area contributed by atoms with Crippen molar-refractivity contribution in [1.29, 1.82) is 5.26 Å². The number of carbonyl (C=O) groups excluding carboxylic acids is 3. The summed E-state index contributed by atoms with van der Waals surface area (Å²) in [5.41, 5.74) is 1.36. The van der Waals surface area contributed by atoms with Gasteiger partial charge in [0, 0.05) is 50.5 Å². The van der Waals surface area contributed by atoms with Crippen LogP contribution < -0.4 is 10.6 Å². The molecule has 2 fully saturated rings. The van der Waals surface area contributed by atoms with E-state index in [0.29, 0.717) is 36.6 Å². The lowest BCUT2D eigenvalue weighted by molar-refractivity contribution is -0.127. The van der Waals surface area contributed by atoms with E-state index in [9.17, 15) is 24.8 Å². The van der Waals surface area contributed by atoms with Crippen LogP contribution in [0.15, 0.2) is 34.9 Å². The van der Waals surface area contributed by atoms with Crippen LogP contribution in [0.2, 0.25) is 0 Å². The number of anilines is 2. The first kappa shape index (κ1) is 29.5. The number of thioether (sulfide) groups is 1. The number of aliphatic hydroxyl groups is 1. The monoisotopic (exact) mass is 542 g/mol. The molecule has 1 aromatic rings. The summed E-state index contributed by atoms with van der Waals surface area (Å²) >= 11 is 1.21. The predicted molar refractivity (Wildman–Crippen MR) is 149 cm³/mol. The van der Waals surface area contributed by atoms with Gasteiger partial charge in [0.1, 0.15) is 21.9 Å². The van der Waals surface area contributed by atoms with E-state index in [4.69, 9.17) is 0 Å². The third kappa shape index (κ3) is 7.72. The molecule has 0 aromatic heterocycles. The molecule has 2 aliphatic rings. The molecule has 0 aliphatic carbocycles. The smallest absolute Gasteiger partial charge is 0.267 e. The molecule has 3 rings (SSSR count). The third-order valence-corrected chi connectivity index (χ3v) is 7.84. The summed E-state index contributed by atoms with van der Waals surface area (Å²) in [5, 5.41) is 25.2. The molecule has 2 aliphatic heterocycles. The van der Waals surface area contributed by atoms with Gasteiger partial charge in [-0.3, -0.25) is 14.4 Å². The van der Waals surface area contributed by atoms with Crippen molar-refractivity contribution in [3.63, 3.8) is 0 Å². The van der Waals surface area contributed by atoms with Crippen LogP contribution in [0.3, 0.4) is 0 Å². The lowest BCUT2D eigenvalue weighted by Gasteiger charge is -2.22. The Morgan fingerprint density at radius 2 is 1.95 bits per heavy atom. The van der Waals surface area contributed by atoms with E-state index in [1.165, 1.54) is 34.4 Å². The summed E-state index contributed by atoms with van der Waals surface area (Å²) in [6.45, 7) is 7.57. The number of hydrogen-bond donors (Lipinski definition) is 3. The van der Waals surface area contributed by atoms with Gasteiger partial charge in [0.05, 0.1) is 6.61 Å². The molecule has 206 valence electrons. The number of nitriles is 1. The molecular weight excluding hydrogens is 504 g/mol. The Kier molecular flexibility index (Phi) is 11.5. The van der Waals surface area contributed by atoms with Crippen LogP contribution in [0.25, 0.3) is 0 Å². The molecule has 0 saturated carbocycles. The van der Waals surface area contributed by atoms with Crippen LogP contribution in [0.5, 0.6) is 0 Å². The lowest BCUT2D eigenvalue weighted by atomic mass is 10.2. The molecule has 1 aromatic carbocycles. The minimum atomic E-state index is -0.516. The number of hydrogen-bond acceptors (Lipinski definition) is 8. The fourth-order valence-corrected chi connectivity index (χ4v) is 5.86. The number of nitrogens with zero attached hydrogens (tertiary/aromatic N) is 4. The quantitative estimate of drug-likeness (QED) is 0.256. The van der Waals surface area contributed by atoms with Crippen LogP contribution in [0.1, 0.15) is 39.5 Å². The molecule has 2 heterocycles. The van der Waals surface area contributed by atoms with Crippen LogP contribution in [0.4, 0.5) is 11.4 Å². The van der Waals surface area contributed by atoms with Gasteiger partial charge in [-0.1, -0.05) is 24.8 Å². The van der Waals surface area contributed by atoms with Crippen LogP contribution in [-0.4, -0.2) is 95.2 Å². The van der Waals surface area contributed by atoms with Gasteiger partial charge in [0.15, 0.2) is 0 Å². The highest BCUT2D eigenvalue weighted by Gasteiger charge is 2.39. The molecule has 3 N–H and O–H groups in total. The highest BCUT2D eigenvalue weighted by Crippen LogP contribution is 2.37. The minimum Gasteiger partial charge on any atom is -0.395 e. The van der Waals surface area contributed by atoms with Gasteiger partial charge in [0.25, 0.3) is 5.91 Å². The summed E-state index contributed by atoms with van der Waals surface area (Å²) in [6, 6.07) is 9.35. The minimum absolute atomic E-state index is 0.0315. The Morgan fingerprint density at radius 3 is 2.61 bits per heavy atom. The molecule has 10 nitrogen and oxygen atoms in total. The van der Waals surface area contributed by atoms with Gasteiger partial charge in [-0.25, -0.2) is 0 Å². The van der Waals surface area contributed by atoms with E-state index in [2.05, 4.69) is 15.5 Å². The molecular formula is C27H38N6O4S. The van der Waals surface area contributed by atoms with Crippen LogP contribution in [0, 0.1) is 11.3 Å². The van der Waals surface area contributed by atoms with E-state index >= 15 is 0 Å². The van der Waals surface area contributed by atoms with Crippen molar-refractivity contribution in [2.75, 3.05) is 63.1 Å². The molecule has 0 bridgehead atoms. The zero-order chi connectivity index (χ0) is 27.5. The maximum Gasteiger partial charge on any atom is 0.267 e. The van der Waals surface area contributed by atoms with E-state index in [1.54, 1.807) is 6.92 Å². The summed E-state index contributed by atoms with van der Waals surface area (Å²) in [5.74, 6) is -0.675. The highest BCUT2D eigenvalue weighted by molar-refractivity contribution is 8.04. The largest absolute Gasteiger partial charge is 0.395 e. The summed E-state index contributed by atoms with van der Waals surface area (Å²) in [7, 11) is 0. The first-order valence-corrected chi connectivity index (χ1v) is 14.2. The van der Waals surface area contributed by atoms with Crippen LogP contribution in [-0.2, 0) is 14.4 Å². The van der Waals surface area contributed by atoms with Crippen molar-refractivity contribution in [2.45, 2.75) is 44.8 Å². The third-order valence-electron chi connectivity index (χ3n) is 6.54. The Balaban J connectivity index is 1.64. The average molecular weight is 543 g/mol. The van der Waals surface area contributed by atoms with Crippen molar-refractivity contribution in [3.05, 3.63) is 34.9 Å². The Morgan fingerprint density at radius 1 is 1.21 bits per heavy atom. The highest BCUT2D eigenvalue weighted by atomic mass is 32.2. The SMILES string of the molecule is CCCN(CCO)C(=O)/C(C#N)=C1\S[C@H](CNc2cccc(NC(=O)CCN3CCCC3)c2)C(=O)N1CC. The number of rotatable bonds is 13. The predicted octanol–water partition coefficient (Wildman–Crippen LogP) is 2.45. The van der Waals surface area contributed by atoms with Gasteiger partial charge in [-0.2, -0.15) is 5.26 Å². The fourth-order valence-electron chi connectivity index (χ4n) is 4.60. The first-order valence-electron chi connectivity index (χ1n) is 13.3. The second-order valence-electron chi connectivity index (χ2n) is 9.31. The van der Waals surface area contributed by atoms with E-state index in [1.807, 2.05) is 37.3 Å². The van der Waals surface area contributed by atoms with Crippen LogP contribution >= 0.6 is 11.8 Å². The Labute approximate surface area is 229 Å². The number of likely N-dealkylation sites (tertiary alicyclic amines) is 1. The maximum absolute atomic E-state index is 13.1. The zero-order valence-electron chi connectivity index (χ0n) is 22.2. The molecule has 2 saturated heterocycles. The maximum atomic E-state index is 13.1. The van der Waals surface area contributed by atoms with E-state index < -0.39 is 11.2 Å².